The largest absolute Gasteiger partial charge is 0.456 e. The van der Waals surface area contributed by atoms with Gasteiger partial charge >= 0.3 is 5.97 Å². The lowest BCUT2D eigenvalue weighted by Gasteiger charge is -2.30. The number of ether oxygens (including phenoxy) is 2. The molecule has 0 aromatic carbocycles. The van der Waals surface area contributed by atoms with Crippen molar-refractivity contribution in [2.45, 2.75) is 50.9 Å². The fourth-order valence-electron chi connectivity index (χ4n) is 2.06. The van der Waals surface area contributed by atoms with Crippen molar-refractivity contribution < 1.29 is 14.3 Å². The van der Waals surface area contributed by atoms with E-state index >= 15 is 0 Å². The van der Waals surface area contributed by atoms with E-state index in [0.29, 0.717) is 6.42 Å². The van der Waals surface area contributed by atoms with E-state index < -0.39 is 5.60 Å². The van der Waals surface area contributed by atoms with E-state index in [4.69, 9.17) is 9.47 Å². The van der Waals surface area contributed by atoms with Gasteiger partial charge in [-0.1, -0.05) is 12.2 Å². The molecular formula is C11H16O3. The Morgan fingerprint density at radius 2 is 2.14 bits per heavy atom. The van der Waals surface area contributed by atoms with Gasteiger partial charge in [0.05, 0.1) is 12.0 Å². The van der Waals surface area contributed by atoms with Gasteiger partial charge in [-0.15, -0.1) is 0 Å². The smallest absolute Gasteiger partial charge is 0.309 e. The van der Waals surface area contributed by atoms with Crippen LogP contribution in [0.3, 0.4) is 0 Å². The summed E-state index contributed by atoms with van der Waals surface area (Å²) >= 11 is 0. The first-order chi connectivity index (χ1) is 6.41. The number of rotatable bonds is 0. The minimum absolute atomic E-state index is 0.111. The van der Waals surface area contributed by atoms with Crippen molar-refractivity contribution in [3.8, 4) is 0 Å². The molecule has 3 nitrogen and oxygen atoms in total. The summed E-state index contributed by atoms with van der Waals surface area (Å²) in [7, 11) is 0. The lowest BCUT2D eigenvalue weighted by molar-refractivity contribution is -0.152. The fraction of sp³-hybridized carbons (Fsp3) is 0.727. The molecule has 2 aliphatic heterocycles. The highest BCUT2D eigenvalue weighted by atomic mass is 16.6. The zero-order valence-corrected chi connectivity index (χ0v) is 8.87. The Balaban J connectivity index is 2.26. The van der Waals surface area contributed by atoms with Crippen LogP contribution in [0.25, 0.3) is 0 Å². The van der Waals surface area contributed by atoms with Crippen LogP contribution in [0.15, 0.2) is 12.2 Å². The van der Waals surface area contributed by atoms with Gasteiger partial charge in [-0.05, 0) is 20.8 Å². The van der Waals surface area contributed by atoms with E-state index in [1.165, 1.54) is 0 Å². The van der Waals surface area contributed by atoms with Crippen LogP contribution in [0.2, 0.25) is 0 Å². The Labute approximate surface area is 84.1 Å². The zero-order chi connectivity index (χ0) is 10.4. The molecule has 1 saturated heterocycles. The normalized spacial score (nSPS) is 40.2. The van der Waals surface area contributed by atoms with Crippen molar-refractivity contribution >= 4 is 5.97 Å². The zero-order valence-electron chi connectivity index (χ0n) is 8.87. The highest BCUT2D eigenvalue weighted by molar-refractivity contribution is 5.73. The molecule has 0 bridgehead atoms. The van der Waals surface area contributed by atoms with Crippen LogP contribution in [0.1, 0.15) is 33.6 Å². The maximum absolute atomic E-state index is 11.2. The molecule has 2 heterocycles. The summed E-state index contributed by atoms with van der Waals surface area (Å²) in [5.41, 5.74) is -0.752. The van der Waals surface area contributed by atoms with Gasteiger partial charge in [0.15, 0.2) is 0 Å². The van der Waals surface area contributed by atoms with Crippen molar-refractivity contribution in [3.63, 3.8) is 0 Å². The first-order valence-electron chi connectivity index (χ1n) is 4.99. The lowest BCUT2D eigenvalue weighted by atomic mass is 9.96. The Bertz CT molecular complexity index is 293. The lowest BCUT2D eigenvalue weighted by Crippen LogP contribution is -2.40. The second kappa shape index (κ2) is 2.83. The van der Waals surface area contributed by atoms with Crippen LogP contribution in [0.4, 0.5) is 0 Å². The Morgan fingerprint density at radius 1 is 1.43 bits per heavy atom. The second-order valence-electron chi connectivity index (χ2n) is 4.81. The van der Waals surface area contributed by atoms with E-state index in [1.807, 2.05) is 32.9 Å². The van der Waals surface area contributed by atoms with Gasteiger partial charge in [0.2, 0.25) is 0 Å². The van der Waals surface area contributed by atoms with Gasteiger partial charge in [-0.2, -0.15) is 0 Å². The maximum Gasteiger partial charge on any atom is 0.309 e. The quantitative estimate of drug-likeness (QED) is 0.438. The van der Waals surface area contributed by atoms with Crippen LogP contribution in [-0.2, 0) is 14.3 Å². The molecule has 0 N–H and O–H groups in total. The third kappa shape index (κ3) is 1.57. The molecule has 0 aromatic heterocycles. The first kappa shape index (κ1) is 9.71. The third-order valence-electron chi connectivity index (χ3n) is 2.87. The van der Waals surface area contributed by atoms with Gasteiger partial charge in [0.1, 0.15) is 11.7 Å². The van der Waals surface area contributed by atoms with Gasteiger partial charge in [-0.25, -0.2) is 0 Å². The monoisotopic (exact) mass is 196 g/mol. The van der Waals surface area contributed by atoms with Crippen LogP contribution < -0.4 is 0 Å². The number of hydrogen-bond donors (Lipinski definition) is 0. The standard InChI is InChI=1S/C11H16O3/c1-10(2)5-4-6-11(3)8(13-10)7-9(12)14-11/h4-5,8H,6-7H2,1-3H3/t8-,11-/m1/s1. The molecule has 0 aliphatic carbocycles. The molecule has 78 valence electrons. The summed E-state index contributed by atoms with van der Waals surface area (Å²) < 4.78 is 11.2. The summed E-state index contributed by atoms with van der Waals surface area (Å²) in [6.07, 6.45) is 5.08. The number of carbonyl (C=O) groups is 1. The molecule has 0 aromatic rings. The minimum Gasteiger partial charge on any atom is -0.456 e. The summed E-state index contributed by atoms with van der Waals surface area (Å²) in [6, 6.07) is 0. The van der Waals surface area contributed by atoms with E-state index in [2.05, 4.69) is 0 Å². The van der Waals surface area contributed by atoms with Crippen molar-refractivity contribution in [1.29, 1.82) is 0 Å². The molecular weight excluding hydrogens is 180 g/mol. The molecule has 0 amide bonds. The summed E-state index contributed by atoms with van der Waals surface area (Å²) in [6.45, 7) is 5.93. The average molecular weight is 196 g/mol. The van der Waals surface area contributed by atoms with E-state index in [1.54, 1.807) is 0 Å². The second-order valence-corrected chi connectivity index (χ2v) is 4.81. The fourth-order valence-corrected chi connectivity index (χ4v) is 2.06. The van der Waals surface area contributed by atoms with E-state index in [-0.39, 0.29) is 17.7 Å². The van der Waals surface area contributed by atoms with Gasteiger partial charge in [0, 0.05) is 6.42 Å². The highest BCUT2D eigenvalue weighted by Crippen LogP contribution is 2.37. The Hall–Kier alpha value is -0.830. The van der Waals surface area contributed by atoms with Crippen LogP contribution in [0.5, 0.6) is 0 Å². The first-order valence-corrected chi connectivity index (χ1v) is 4.99. The molecule has 3 heteroatoms. The van der Waals surface area contributed by atoms with Gasteiger partial charge in [-0.3, -0.25) is 4.79 Å². The minimum atomic E-state index is -0.457. The molecule has 14 heavy (non-hydrogen) atoms. The van der Waals surface area contributed by atoms with Crippen molar-refractivity contribution in [2.24, 2.45) is 0 Å². The Morgan fingerprint density at radius 3 is 2.86 bits per heavy atom. The van der Waals surface area contributed by atoms with Crippen molar-refractivity contribution in [2.75, 3.05) is 0 Å². The maximum atomic E-state index is 11.2. The molecule has 0 spiro atoms. The summed E-state index contributed by atoms with van der Waals surface area (Å²) in [5, 5.41) is 0. The predicted molar refractivity (Wildman–Crippen MR) is 51.8 cm³/mol. The van der Waals surface area contributed by atoms with Crippen molar-refractivity contribution in [3.05, 3.63) is 12.2 Å². The highest BCUT2D eigenvalue weighted by Gasteiger charge is 2.48. The SMILES string of the molecule is CC1(C)C=CC[C@@]2(C)OC(=O)C[C@H]2O1. The van der Waals surface area contributed by atoms with Crippen LogP contribution in [-0.4, -0.2) is 23.3 Å². The number of hydrogen-bond acceptors (Lipinski definition) is 3. The summed E-state index contributed by atoms with van der Waals surface area (Å²) in [5.74, 6) is -0.149. The molecule has 1 fully saturated rings. The number of carbonyl (C=O) groups excluding carboxylic acids is 1. The number of esters is 1. The molecule has 0 radical (unpaired) electrons. The molecule has 0 unspecified atom stereocenters. The molecule has 2 atom stereocenters. The van der Waals surface area contributed by atoms with Gasteiger partial charge in [0.25, 0.3) is 0 Å². The number of fused-ring (bicyclic) bond motifs is 1. The average Bonchev–Trinajstić information content (AvgIpc) is 2.19. The molecule has 0 saturated carbocycles. The van der Waals surface area contributed by atoms with Gasteiger partial charge < -0.3 is 9.47 Å². The topological polar surface area (TPSA) is 35.5 Å². The third-order valence-corrected chi connectivity index (χ3v) is 2.87. The van der Waals surface area contributed by atoms with Crippen molar-refractivity contribution in [1.82, 2.24) is 0 Å². The van der Waals surface area contributed by atoms with E-state index in [9.17, 15) is 4.79 Å². The summed E-state index contributed by atoms with van der Waals surface area (Å²) in [4.78, 5) is 11.2. The van der Waals surface area contributed by atoms with E-state index in [0.717, 1.165) is 6.42 Å². The van der Waals surface area contributed by atoms with Crippen LogP contribution in [0, 0.1) is 0 Å². The molecule has 2 rings (SSSR count). The Kier molecular flexibility index (Phi) is 1.96. The molecule has 2 aliphatic rings. The van der Waals surface area contributed by atoms with Crippen LogP contribution >= 0.6 is 0 Å². The predicted octanol–water partition coefficient (Wildman–Crippen LogP) is 1.82.